The summed E-state index contributed by atoms with van der Waals surface area (Å²) >= 11 is 3.73. The first-order valence-corrected chi connectivity index (χ1v) is 19.3. The number of benzene rings is 7. The van der Waals surface area contributed by atoms with Crippen LogP contribution in [0.25, 0.3) is 90.2 Å². The third kappa shape index (κ3) is 3.11. The second-order valence-electron chi connectivity index (χ2n) is 14.0. The average molecular weight is 696 g/mol. The summed E-state index contributed by atoms with van der Waals surface area (Å²) in [6, 6.07) is 52.2. The van der Waals surface area contributed by atoms with Crippen molar-refractivity contribution in [2.45, 2.75) is 5.41 Å². The van der Waals surface area contributed by atoms with Crippen molar-refractivity contribution in [3.8, 4) is 27.9 Å². The van der Waals surface area contributed by atoms with E-state index >= 15 is 0 Å². The van der Waals surface area contributed by atoms with Gasteiger partial charge in [0.15, 0.2) is 0 Å². The molecule has 0 radical (unpaired) electrons. The summed E-state index contributed by atoms with van der Waals surface area (Å²) in [4.78, 5) is 9.45. The fraction of sp³-hybridized carbons (Fsp3) is 0.0213. The highest BCUT2D eigenvalue weighted by molar-refractivity contribution is 7.30. The molecule has 2 aliphatic carbocycles. The van der Waals surface area contributed by atoms with Gasteiger partial charge in [-0.3, -0.25) is 0 Å². The van der Waals surface area contributed by atoms with Crippen molar-refractivity contribution < 1.29 is 0 Å². The van der Waals surface area contributed by atoms with Crippen LogP contribution in [-0.2, 0) is 5.41 Å². The Labute approximate surface area is 305 Å². The smallest absolute Gasteiger partial charge is 0.116 e. The first kappa shape index (κ1) is 27.6. The quantitative estimate of drug-likeness (QED) is 0.171. The first-order chi connectivity index (χ1) is 25.8. The van der Waals surface area contributed by atoms with Crippen LogP contribution in [0.4, 0.5) is 0 Å². The monoisotopic (exact) mass is 695 g/mol. The number of hydrogen-bond acceptors (Lipinski definition) is 4. The maximum absolute atomic E-state index is 4.98. The molecule has 0 atom stereocenters. The molecular formula is C47H25N3S2. The van der Waals surface area contributed by atoms with Gasteiger partial charge in [0, 0.05) is 52.9 Å². The van der Waals surface area contributed by atoms with Crippen molar-refractivity contribution in [2.75, 3.05) is 0 Å². The Morgan fingerprint density at radius 1 is 0.500 bits per heavy atom. The number of hydrogen-bond donors (Lipinski definition) is 0. The molecule has 1 spiro atoms. The molecule has 52 heavy (non-hydrogen) atoms. The molecule has 4 heterocycles. The molecule has 2 aliphatic rings. The summed E-state index contributed by atoms with van der Waals surface area (Å²) in [7, 11) is 0. The summed E-state index contributed by atoms with van der Waals surface area (Å²) < 4.78 is 7.57. The van der Waals surface area contributed by atoms with Gasteiger partial charge in [0.25, 0.3) is 0 Å². The van der Waals surface area contributed by atoms with Gasteiger partial charge in [-0.1, -0.05) is 115 Å². The van der Waals surface area contributed by atoms with E-state index in [0.29, 0.717) is 0 Å². The summed E-state index contributed by atoms with van der Waals surface area (Å²) in [5, 5.41) is 6.41. The van der Waals surface area contributed by atoms with E-state index < -0.39 is 5.41 Å². The standard InChI is InChI=1S/C47H25N3S2/c1-6-16-33-27(11-1)28-12-2-7-17-34(28)47(33)35-18-8-3-13-29(35)30-22-21-26(23-36(30)47)50-37-19-9-4-14-31(37)40-44(50)42-43-39(24-48-25-49-43)52-46(42)41-32-15-5-10-20-38(32)51-45(40)41/h1-25H. The number of nitrogens with zero attached hydrogens (tertiary/aromatic N) is 3. The fourth-order valence-electron chi connectivity index (χ4n) is 9.89. The Morgan fingerprint density at radius 2 is 1.10 bits per heavy atom. The van der Waals surface area contributed by atoms with Crippen molar-refractivity contribution in [1.29, 1.82) is 0 Å². The third-order valence-corrected chi connectivity index (χ3v) is 14.1. The third-order valence-electron chi connectivity index (χ3n) is 11.8. The van der Waals surface area contributed by atoms with Crippen molar-refractivity contribution >= 4 is 85.0 Å². The summed E-state index contributed by atoms with van der Waals surface area (Å²) in [6.07, 6.45) is 3.69. The highest BCUT2D eigenvalue weighted by atomic mass is 32.1. The SMILES string of the molecule is c1ccc2c(c1)-c1ccccc1C21c2ccccc2-c2ccc(-n3c4ccccc4c4c5sc6ccccc6c5c5sc6cncnc6c5c43)cc21. The summed E-state index contributed by atoms with van der Waals surface area (Å²) in [5.74, 6) is 0. The van der Waals surface area contributed by atoms with E-state index in [9.17, 15) is 0 Å². The van der Waals surface area contributed by atoms with Crippen molar-refractivity contribution in [2.24, 2.45) is 0 Å². The molecule has 4 aromatic heterocycles. The molecule has 0 saturated carbocycles. The lowest BCUT2D eigenvalue weighted by Crippen LogP contribution is -2.26. The fourth-order valence-corrected chi connectivity index (χ4v) is 12.4. The molecule has 7 aromatic carbocycles. The minimum atomic E-state index is -0.412. The van der Waals surface area contributed by atoms with E-state index in [1.165, 1.54) is 96.6 Å². The van der Waals surface area contributed by atoms with Gasteiger partial charge < -0.3 is 4.57 Å². The van der Waals surface area contributed by atoms with Crippen LogP contribution in [0.1, 0.15) is 22.3 Å². The van der Waals surface area contributed by atoms with E-state index in [1.807, 2.05) is 28.9 Å². The van der Waals surface area contributed by atoms with E-state index in [2.05, 4.69) is 149 Å². The van der Waals surface area contributed by atoms with E-state index in [1.54, 1.807) is 6.33 Å². The van der Waals surface area contributed by atoms with E-state index in [4.69, 9.17) is 4.98 Å². The van der Waals surface area contributed by atoms with Gasteiger partial charge in [0.2, 0.25) is 0 Å². The molecule has 0 amide bonds. The first-order valence-electron chi connectivity index (χ1n) is 17.6. The van der Waals surface area contributed by atoms with Crippen LogP contribution in [-0.4, -0.2) is 14.5 Å². The summed E-state index contributed by atoms with van der Waals surface area (Å²) in [6.45, 7) is 0. The number of aromatic nitrogens is 3. The lowest BCUT2D eigenvalue weighted by Gasteiger charge is -2.30. The molecule has 0 saturated heterocycles. The molecule has 13 rings (SSSR count). The molecule has 0 bridgehead atoms. The van der Waals surface area contributed by atoms with Gasteiger partial charge in [-0.2, -0.15) is 0 Å². The molecular weight excluding hydrogens is 671 g/mol. The van der Waals surface area contributed by atoms with Crippen LogP contribution in [0.5, 0.6) is 0 Å². The number of rotatable bonds is 1. The minimum Gasteiger partial charge on any atom is -0.308 e. The number of para-hydroxylation sites is 1. The minimum absolute atomic E-state index is 0.412. The lowest BCUT2D eigenvalue weighted by atomic mass is 9.70. The molecule has 5 heteroatoms. The maximum atomic E-state index is 4.98. The number of thiophene rings is 2. The second-order valence-corrected chi connectivity index (χ2v) is 16.1. The van der Waals surface area contributed by atoms with Gasteiger partial charge in [-0.25, -0.2) is 9.97 Å². The largest absolute Gasteiger partial charge is 0.308 e. The summed E-state index contributed by atoms with van der Waals surface area (Å²) in [5.41, 5.74) is 14.9. The lowest BCUT2D eigenvalue weighted by molar-refractivity contribution is 0.792. The van der Waals surface area contributed by atoms with Crippen LogP contribution in [0, 0.1) is 0 Å². The molecule has 3 nitrogen and oxygen atoms in total. The van der Waals surface area contributed by atoms with Crippen LogP contribution in [0.3, 0.4) is 0 Å². The predicted molar refractivity (Wildman–Crippen MR) is 218 cm³/mol. The van der Waals surface area contributed by atoms with E-state index in [-0.39, 0.29) is 0 Å². The van der Waals surface area contributed by atoms with Crippen molar-refractivity contribution in [3.05, 3.63) is 174 Å². The van der Waals surface area contributed by atoms with Gasteiger partial charge in [-0.15, -0.1) is 22.7 Å². The van der Waals surface area contributed by atoms with Gasteiger partial charge in [0.05, 0.1) is 26.7 Å². The van der Waals surface area contributed by atoms with Gasteiger partial charge in [-0.05, 0) is 68.8 Å². The zero-order valence-corrected chi connectivity index (χ0v) is 29.2. The van der Waals surface area contributed by atoms with Crippen LogP contribution in [0.15, 0.2) is 152 Å². The topological polar surface area (TPSA) is 30.7 Å². The zero-order chi connectivity index (χ0) is 33.7. The Hall–Kier alpha value is -6.14. The molecule has 0 fully saturated rings. The Balaban J connectivity index is 1.23. The van der Waals surface area contributed by atoms with E-state index in [0.717, 1.165) is 15.9 Å². The Bertz CT molecular complexity index is 3290. The highest BCUT2D eigenvalue weighted by Crippen LogP contribution is 2.63. The predicted octanol–water partition coefficient (Wildman–Crippen LogP) is 12.7. The average Bonchev–Trinajstić information content (AvgIpc) is 3.99. The van der Waals surface area contributed by atoms with Crippen molar-refractivity contribution in [3.63, 3.8) is 0 Å². The van der Waals surface area contributed by atoms with Crippen molar-refractivity contribution in [1.82, 2.24) is 14.5 Å². The normalized spacial score (nSPS) is 13.9. The molecule has 0 N–H and O–H groups in total. The molecule has 0 unspecified atom stereocenters. The van der Waals surface area contributed by atoms with Crippen LogP contribution in [0.2, 0.25) is 0 Å². The molecule has 0 aliphatic heterocycles. The van der Waals surface area contributed by atoms with Crippen LogP contribution >= 0.6 is 22.7 Å². The van der Waals surface area contributed by atoms with Gasteiger partial charge in [0.1, 0.15) is 6.33 Å². The Morgan fingerprint density at radius 3 is 1.85 bits per heavy atom. The maximum Gasteiger partial charge on any atom is 0.116 e. The number of fused-ring (bicyclic) bond motifs is 22. The molecule has 11 aromatic rings. The molecule has 240 valence electrons. The Kier molecular flexibility index (Phi) is 5.08. The van der Waals surface area contributed by atoms with Gasteiger partial charge >= 0.3 is 0 Å². The second kappa shape index (κ2) is 9.59. The zero-order valence-electron chi connectivity index (χ0n) is 27.6. The van der Waals surface area contributed by atoms with Crippen LogP contribution < -0.4 is 0 Å². The highest BCUT2D eigenvalue weighted by Gasteiger charge is 2.51.